The summed E-state index contributed by atoms with van der Waals surface area (Å²) in [5, 5.41) is 0. The standard InChI is InChI=1S/C22H26F2N4O5S/c1-32-14-17-13-28(21-25-9-2-10-26-21)15-22(33-17)7-11-27(12-8-22)19(29)16-3-5-18(6-4-16)34(30,31)20(23)24/h2-6,9-10,17,20H,7-8,11-15H2,1H3. The Kier molecular flexibility index (Phi) is 7.10. The van der Waals surface area contributed by atoms with Crippen molar-refractivity contribution in [2.45, 2.75) is 35.2 Å². The van der Waals surface area contributed by atoms with Crippen molar-refractivity contribution in [2.24, 2.45) is 0 Å². The number of ether oxygens (including phenoxy) is 2. The van der Waals surface area contributed by atoms with E-state index in [9.17, 15) is 22.0 Å². The number of carbonyl (C=O) groups excluding carboxylic acids is 1. The lowest BCUT2D eigenvalue weighted by atomic mass is 9.88. The molecule has 184 valence electrons. The molecule has 4 rings (SSSR count). The first-order chi connectivity index (χ1) is 16.2. The number of hydrogen-bond acceptors (Lipinski definition) is 8. The maximum Gasteiger partial charge on any atom is 0.341 e. The maximum atomic E-state index is 13.0. The second-order valence-electron chi connectivity index (χ2n) is 8.43. The van der Waals surface area contributed by atoms with Crippen LogP contribution in [0.4, 0.5) is 14.7 Å². The number of nitrogens with zero attached hydrogens (tertiary/aromatic N) is 4. The Labute approximate surface area is 196 Å². The summed E-state index contributed by atoms with van der Waals surface area (Å²) in [5.41, 5.74) is -0.252. The summed E-state index contributed by atoms with van der Waals surface area (Å²) in [6.45, 7) is 2.45. The van der Waals surface area contributed by atoms with Crippen molar-refractivity contribution < 1.29 is 31.5 Å². The number of alkyl halides is 2. The molecule has 3 heterocycles. The van der Waals surface area contributed by atoms with Gasteiger partial charge in [-0.15, -0.1) is 0 Å². The Bertz CT molecular complexity index is 1090. The zero-order chi connectivity index (χ0) is 24.3. The lowest BCUT2D eigenvalue weighted by Crippen LogP contribution is -2.61. The van der Waals surface area contributed by atoms with Gasteiger partial charge in [-0.05, 0) is 43.2 Å². The largest absolute Gasteiger partial charge is 0.382 e. The first-order valence-corrected chi connectivity index (χ1v) is 12.4. The van der Waals surface area contributed by atoms with Crippen molar-refractivity contribution >= 4 is 21.7 Å². The number of sulfone groups is 1. The van der Waals surface area contributed by atoms with Crippen LogP contribution in [0.1, 0.15) is 23.2 Å². The van der Waals surface area contributed by atoms with Gasteiger partial charge in [-0.1, -0.05) is 0 Å². The van der Waals surface area contributed by atoms with E-state index in [1.807, 2.05) is 0 Å². The number of methoxy groups -OCH3 is 1. The third-order valence-electron chi connectivity index (χ3n) is 6.13. The minimum Gasteiger partial charge on any atom is -0.382 e. The minimum atomic E-state index is -4.70. The van der Waals surface area contributed by atoms with Gasteiger partial charge in [0.2, 0.25) is 15.8 Å². The van der Waals surface area contributed by atoms with Crippen LogP contribution in [0, 0.1) is 0 Å². The van der Waals surface area contributed by atoms with Crippen LogP contribution in [0.25, 0.3) is 0 Å². The van der Waals surface area contributed by atoms with Crippen molar-refractivity contribution in [3.63, 3.8) is 0 Å². The van der Waals surface area contributed by atoms with Crippen LogP contribution in [0.2, 0.25) is 0 Å². The van der Waals surface area contributed by atoms with Gasteiger partial charge in [0.05, 0.1) is 29.8 Å². The summed E-state index contributed by atoms with van der Waals surface area (Å²) in [6, 6.07) is 6.37. The van der Waals surface area contributed by atoms with Gasteiger partial charge in [0.25, 0.3) is 5.91 Å². The first kappa shape index (κ1) is 24.4. The van der Waals surface area contributed by atoms with E-state index in [0.29, 0.717) is 51.6 Å². The van der Waals surface area contributed by atoms with Crippen molar-refractivity contribution in [1.82, 2.24) is 14.9 Å². The highest BCUT2D eigenvalue weighted by Crippen LogP contribution is 2.34. The minimum absolute atomic E-state index is 0.172. The number of halogens is 2. The van der Waals surface area contributed by atoms with E-state index in [4.69, 9.17) is 9.47 Å². The SMILES string of the molecule is COCC1CN(c2ncccn2)CC2(CCN(C(=O)c3ccc(S(=O)(=O)C(F)F)cc3)CC2)O1. The van der Waals surface area contributed by atoms with Gasteiger partial charge in [0, 0.05) is 44.7 Å². The van der Waals surface area contributed by atoms with Gasteiger partial charge in [-0.25, -0.2) is 18.4 Å². The molecule has 34 heavy (non-hydrogen) atoms. The molecule has 0 saturated carbocycles. The summed E-state index contributed by atoms with van der Waals surface area (Å²) in [6.07, 6.45) is 4.37. The van der Waals surface area contributed by atoms with Crippen molar-refractivity contribution in [2.75, 3.05) is 44.8 Å². The lowest BCUT2D eigenvalue weighted by Gasteiger charge is -2.49. The number of morpholine rings is 1. The van der Waals surface area contributed by atoms with Gasteiger partial charge < -0.3 is 19.3 Å². The number of carbonyl (C=O) groups is 1. The highest BCUT2D eigenvalue weighted by atomic mass is 32.2. The zero-order valence-electron chi connectivity index (χ0n) is 18.6. The summed E-state index contributed by atoms with van der Waals surface area (Å²) in [4.78, 5) is 24.9. The van der Waals surface area contributed by atoms with Crippen LogP contribution >= 0.6 is 0 Å². The summed E-state index contributed by atoms with van der Waals surface area (Å²) >= 11 is 0. The summed E-state index contributed by atoms with van der Waals surface area (Å²) in [7, 11) is -3.08. The molecule has 1 aromatic carbocycles. The van der Waals surface area contributed by atoms with Gasteiger partial charge >= 0.3 is 5.76 Å². The van der Waals surface area contributed by atoms with Crippen LogP contribution < -0.4 is 4.90 Å². The average Bonchev–Trinajstić information content (AvgIpc) is 2.84. The number of rotatable bonds is 6. The monoisotopic (exact) mass is 496 g/mol. The van der Waals surface area contributed by atoms with Crippen molar-refractivity contribution in [3.05, 3.63) is 48.3 Å². The Morgan fingerprint density at radius 1 is 1.21 bits per heavy atom. The van der Waals surface area contributed by atoms with E-state index < -0.39 is 26.1 Å². The fourth-order valence-corrected chi connectivity index (χ4v) is 5.15. The molecule has 2 aromatic rings. The Balaban J connectivity index is 1.44. The van der Waals surface area contributed by atoms with E-state index in [2.05, 4.69) is 14.9 Å². The molecule has 0 N–H and O–H groups in total. The highest BCUT2D eigenvalue weighted by molar-refractivity contribution is 7.91. The third-order valence-corrected chi connectivity index (χ3v) is 7.53. The zero-order valence-corrected chi connectivity index (χ0v) is 19.5. The molecule has 0 bridgehead atoms. The molecule has 2 fully saturated rings. The fourth-order valence-electron chi connectivity index (χ4n) is 4.43. The molecule has 12 heteroatoms. The molecule has 2 saturated heterocycles. The molecule has 9 nitrogen and oxygen atoms in total. The van der Waals surface area contributed by atoms with E-state index in [1.165, 1.54) is 12.1 Å². The predicted octanol–water partition coefficient (Wildman–Crippen LogP) is 2.00. The summed E-state index contributed by atoms with van der Waals surface area (Å²) in [5.74, 6) is -3.18. The number of aromatic nitrogens is 2. The molecule has 1 unspecified atom stereocenters. The number of piperidine rings is 1. The topological polar surface area (TPSA) is 102 Å². The van der Waals surface area contributed by atoms with Crippen LogP contribution in [0.3, 0.4) is 0 Å². The Morgan fingerprint density at radius 3 is 2.44 bits per heavy atom. The van der Waals surface area contributed by atoms with Gasteiger partial charge in [-0.3, -0.25) is 4.79 Å². The van der Waals surface area contributed by atoms with Crippen LogP contribution in [0.5, 0.6) is 0 Å². The van der Waals surface area contributed by atoms with Crippen LogP contribution in [0.15, 0.2) is 47.6 Å². The maximum absolute atomic E-state index is 13.0. The molecule has 2 aliphatic heterocycles. The molecule has 0 aliphatic carbocycles. The lowest BCUT2D eigenvalue weighted by molar-refractivity contribution is -0.145. The van der Waals surface area contributed by atoms with Crippen molar-refractivity contribution in [1.29, 1.82) is 0 Å². The fraction of sp³-hybridized carbons (Fsp3) is 0.500. The third kappa shape index (κ3) is 5.03. The van der Waals surface area contributed by atoms with Crippen molar-refractivity contribution in [3.8, 4) is 0 Å². The summed E-state index contributed by atoms with van der Waals surface area (Å²) < 4.78 is 60.4. The first-order valence-electron chi connectivity index (χ1n) is 10.8. The number of hydrogen-bond donors (Lipinski definition) is 0. The predicted molar refractivity (Wildman–Crippen MR) is 118 cm³/mol. The number of likely N-dealkylation sites (tertiary alicyclic amines) is 1. The molecular weight excluding hydrogens is 470 g/mol. The smallest absolute Gasteiger partial charge is 0.341 e. The highest BCUT2D eigenvalue weighted by Gasteiger charge is 2.44. The average molecular weight is 497 g/mol. The molecule has 1 aromatic heterocycles. The van der Waals surface area contributed by atoms with Crippen LogP contribution in [-0.2, 0) is 19.3 Å². The van der Waals surface area contributed by atoms with E-state index in [-0.39, 0.29) is 17.6 Å². The molecule has 2 aliphatic rings. The van der Waals surface area contributed by atoms with E-state index in [1.54, 1.807) is 30.5 Å². The van der Waals surface area contributed by atoms with E-state index >= 15 is 0 Å². The normalized spacial score (nSPS) is 20.6. The van der Waals surface area contributed by atoms with Gasteiger partial charge in [-0.2, -0.15) is 8.78 Å². The molecule has 1 atom stereocenters. The second kappa shape index (κ2) is 9.88. The number of benzene rings is 1. The molecule has 1 spiro atoms. The van der Waals surface area contributed by atoms with E-state index in [0.717, 1.165) is 12.1 Å². The number of anilines is 1. The molecular formula is C22H26F2N4O5S. The number of amides is 1. The van der Waals surface area contributed by atoms with Gasteiger partial charge in [0.1, 0.15) is 0 Å². The quantitative estimate of drug-likeness (QED) is 0.599. The van der Waals surface area contributed by atoms with Crippen LogP contribution in [-0.4, -0.2) is 86.6 Å². The molecule has 1 amide bonds. The Hall–Kier alpha value is -2.70. The Morgan fingerprint density at radius 2 is 1.85 bits per heavy atom. The second-order valence-corrected chi connectivity index (χ2v) is 10.3. The molecule has 0 radical (unpaired) electrons. The van der Waals surface area contributed by atoms with Gasteiger partial charge in [0.15, 0.2) is 0 Å².